The largest absolute Gasteiger partial charge is 0.493 e. The van der Waals surface area contributed by atoms with Crippen molar-refractivity contribution in [3.8, 4) is 0 Å². The molecule has 0 aliphatic carbocycles. The van der Waals surface area contributed by atoms with E-state index in [0.29, 0.717) is 0 Å². The minimum Gasteiger partial charge on any atom is -0.493 e. The Morgan fingerprint density at radius 2 is 2.00 bits per heavy atom. The molecule has 0 saturated carbocycles. The van der Waals surface area contributed by atoms with Crippen LogP contribution < -0.4 is 0 Å². The van der Waals surface area contributed by atoms with Crippen LogP contribution in [0.3, 0.4) is 0 Å². The molecule has 62 valence electrons. The summed E-state index contributed by atoms with van der Waals surface area (Å²) in [6.07, 6.45) is 4.93. The fourth-order valence-corrected chi connectivity index (χ4v) is 1.40. The van der Waals surface area contributed by atoms with Crippen LogP contribution in [0.25, 0.3) is 0 Å². The van der Waals surface area contributed by atoms with Crippen LogP contribution in [0, 0.1) is 0 Å². The maximum atomic E-state index is 5.76. The first-order chi connectivity index (χ1) is 5.86. The van der Waals surface area contributed by atoms with Crippen LogP contribution in [0.15, 0.2) is 36.6 Å². The van der Waals surface area contributed by atoms with Crippen molar-refractivity contribution >= 4 is 11.6 Å². The zero-order valence-electron chi connectivity index (χ0n) is 6.53. The average Bonchev–Trinajstić information content (AvgIpc) is 2.58. The molecule has 0 spiro atoms. The van der Waals surface area contributed by atoms with Gasteiger partial charge in [-0.25, -0.2) is 0 Å². The summed E-state index contributed by atoms with van der Waals surface area (Å²) in [5, 5.41) is 0.768. The number of hydrogen-bond acceptors (Lipinski definition) is 1. The van der Waals surface area contributed by atoms with E-state index in [-0.39, 0.29) is 6.10 Å². The molecular weight excluding hydrogens is 172 g/mol. The maximum Gasteiger partial charge on any atom is 0.126 e. The number of hydrogen-bond donors (Lipinski definition) is 0. The summed E-state index contributed by atoms with van der Waals surface area (Å²) in [5.74, 6) is 0. The Morgan fingerprint density at radius 1 is 1.25 bits per heavy atom. The lowest BCUT2D eigenvalue weighted by molar-refractivity contribution is 0.173. The monoisotopic (exact) mass is 180 g/mol. The molecule has 1 nitrogen and oxygen atoms in total. The van der Waals surface area contributed by atoms with E-state index >= 15 is 0 Å². The highest BCUT2D eigenvalue weighted by atomic mass is 35.5. The van der Waals surface area contributed by atoms with Crippen molar-refractivity contribution in [2.24, 2.45) is 0 Å². The molecule has 1 aliphatic rings. The summed E-state index contributed by atoms with van der Waals surface area (Å²) < 4.78 is 5.36. The van der Waals surface area contributed by atoms with Gasteiger partial charge in [-0.1, -0.05) is 23.7 Å². The van der Waals surface area contributed by atoms with Gasteiger partial charge in [-0.2, -0.15) is 0 Å². The van der Waals surface area contributed by atoms with Crippen molar-refractivity contribution in [1.29, 1.82) is 0 Å². The molecule has 12 heavy (non-hydrogen) atoms. The molecule has 0 N–H and O–H groups in total. The van der Waals surface area contributed by atoms with Gasteiger partial charge in [0.15, 0.2) is 0 Å². The Hall–Kier alpha value is -0.950. The Labute approximate surface area is 76.6 Å². The summed E-state index contributed by atoms with van der Waals surface area (Å²) in [5.41, 5.74) is 1.18. The number of ether oxygens (including phenoxy) is 1. The molecule has 1 aliphatic heterocycles. The van der Waals surface area contributed by atoms with E-state index in [1.807, 2.05) is 30.3 Å². The SMILES string of the molecule is Clc1ccc([C@@H]2CC=CO2)cc1. The summed E-state index contributed by atoms with van der Waals surface area (Å²) in [4.78, 5) is 0. The third kappa shape index (κ3) is 1.46. The molecule has 1 aromatic carbocycles. The van der Waals surface area contributed by atoms with Crippen LogP contribution in [0.4, 0.5) is 0 Å². The number of benzene rings is 1. The molecule has 0 fully saturated rings. The van der Waals surface area contributed by atoms with Gasteiger partial charge in [0.1, 0.15) is 6.10 Å². The van der Waals surface area contributed by atoms with Gasteiger partial charge >= 0.3 is 0 Å². The Kier molecular flexibility index (Phi) is 2.05. The molecule has 0 bridgehead atoms. The highest BCUT2D eigenvalue weighted by Crippen LogP contribution is 2.27. The first-order valence-corrected chi connectivity index (χ1v) is 4.30. The lowest BCUT2D eigenvalue weighted by Crippen LogP contribution is -1.93. The van der Waals surface area contributed by atoms with Crippen LogP contribution >= 0.6 is 11.6 Å². The van der Waals surface area contributed by atoms with Crippen molar-refractivity contribution in [2.45, 2.75) is 12.5 Å². The zero-order chi connectivity index (χ0) is 8.39. The molecule has 0 radical (unpaired) electrons. The van der Waals surface area contributed by atoms with Crippen molar-refractivity contribution < 1.29 is 4.74 Å². The Balaban J connectivity index is 2.18. The summed E-state index contributed by atoms with van der Waals surface area (Å²) in [6.45, 7) is 0. The lowest BCUT2D eigenvalue weighted by atomic mass is 10.1. The second kappa shape index (κ2) is 3.20. The molecule has 0 unspecified atom stereocenters. The van der Waals surface area contributed by atoms with Crippen molar-refractivity contribution in [1.82, 2.24) is 0 Å². The molecule has 0 amide bonds. The molecule has 0 aromatic heterocycles. The summed E-state index contributed by atoms with van der Waals surface area (Å²) in [6, 6.07) is 7.77. The van der Waals surface area contributed by atoms with Crippen LogP contribution in [0.1, 0.15) is 18.1 Å². The van der Waals surface area contributed by atoms with Gasteiger partial charge in [0.05, 0.1) is 6.26 Å². The van der Waals surface area contributed by atoms with Crippen molar-refractivity contribution in [2.75, 3.05) is 0 Å². The molecular formula is C10H9ClO. The second-order valence-corrected chi connectivity index (χ2v) is 3.22. The fourth-order valence-electron chi connectivity index (χ4n) is 1.28. The number of rotatable bonds is 1. The van der Waals surface area contributed by atoms with E-state index in [9.17, 15) is 0 Å². The Bertz CT molecular complexity index is 281. The van der Waals surface area contributed by atoms with E-state index < -0.39 is 0 Å². The minimum atomic E-state index is 0.197. The van der Waals surface area contributed by atoms with E-state index in [1.165, 1.54) is 5.56 Å². The fraction of sp³-hybridized carbons (Fsp3) is 0.200. The van der Waals surface area contributed by atoms with Crippen molar-refractivity contribution in [3.63, 3.8) is 0 Å². The standard InChI is InChI=1S/C10H9ClO/c11-9-5-3-8(4-6-9)10-2-1-7-12-10/h1,3-7,10H,2H2/t10-/m0/s1. The van der Waals surface area contributed by atoms with Gasteiger partial charge in [-0.3, -0.25) is 0 Å². The smallest absolute Gasteiger partial charge is 0.126 e. The Morgan fingerprint density at radius 3 is 2.58 bits per heavy atom. The molecule has 1 heterocycles. The molecule has 0 saturated heterocycles. The third-order valence-electron chi connectivity index (χ3n) is 1.93. The van der Waals surface area contributed by atoms with Crippen LogP contribution in [-0.4, -0.2) is 0 Å². The highest BCUT2D eigenvalue weighted by molar-refractivity contribution is 6.30. The van der Waals surface area contributed by atoms with E-state index in [1.54, 1.807) is 6.26 Å². The van der Waals surface area contributed by atoms with E-state index in [2.05, 4.69) is 0 Å². The summed E-state index contributed by atoms with van der Waals surface area (Å²) in [7, 11) is 0. The quantitative estimate of drug-likeness (QED) is 0.644. The van der Waals surface area contributed by atoms with Crippen LogP contribution in [0.5, 0.6) is 0 Å². The normalized spacial score (nSPS) is 20.9. The minimum absolute atomic E-state index is 0.197. The number of halogens is 1. The predicted molar refractivity (Wildman–Crippen MR) is 49.0 cm³/mol. The first-order valence-electron chi connectivity index (χ1n) is 3.92. The molecule has 2 rings (SSSR count). The van der Waals surface area contributed by atoms with Gasteiger partial charge in [-0.05, 0) is 23.8 Å². The topological polar surface area (TPSA) is 9.23 Å². The third-order valence-corrected chi connectivity index (χ3v) is 2.18. The zero-order valence-corrected chi connectivity index (χ0v) is 7.29. The van der Waals surface area contributed by atoms with E-state index in [4.69, 9.17) is 16.3 Å². The first kappa shape index (κ1) is 7.69. The highest BCUT2D eigenvalue weighted by Gasteiger charge is 2.12. The van der Waals surface area contributed by atoms with Gasteiger partial charge in [-0.15, -0.1) is 0 Å². The maximum absolute atomic E-state index is 5.76. The second-order valence-electron chi connectivity index (χ2n) is 2.78. The van der Waals surface area contributed by atoms with Gasteiger partial charge in [0.25, 0.3) is 0 Å². The van der Waals surface area contributed by atoms with Crippen LogP contribution in [-0.2, 0) is 4.74 Å². The lowest BCUT2D eigenvalue weighted by Gasteiger charge is -2.09. The van der Waals surface area contributed by atoms with Gasteiger partial charge < -0.3 is 4.74 Å². The average molecular weight is 181 g/mol. The molecule has 1 atom stereocenters. The predicted octanol–water partition coefficient (Wildman–Crippen LogP) is 3.32. The van der Waals surface area contributed by atoms with Gasteiger partial charge in [0.2, 0.25) is 0 Å². The van der Waals surface area contributed by atoms with E-state index in [0.717, 1.165) is 11.4 Å². The molecule has 1 aromatic rings. The van der Waals surface area contributed by atoms with Gasteiger partial charge in [0, 0.05) is 11.4 Å². The summed E-state index contributed by atoms with van der Waals surface area (Å²) >= 11 is 5.76. The molecule has 2 heteroatoms. The van der Waals surface area contributed by atoms with Crippen LogP contribution in [0.2, 0.25) is 5.02 Å². The van der Waals surface area contributed by atoms with Crippen molar-refractivity contribution in [3.05, 3.63) is 47.2 Å².